The number of hydrogen-bond acceptors (Lipinski definition) is 4. The highest BCUT2D eigenvalue weighted by atomic mass is 35.5. The number of halogens is 2. The van der Waals surface area contributed by atoms with Gasteiger partial charge in [0.15, 0.2) is 6.61 Å². The van der Waals surface area contributed by atoms with Crippen LogP contribution in [-0.2, 0) is 32.0 Å². The Morgan fingerprint density at radius 3 is 2.39 bits per heavy atom. The van der Waals surface area contributed by atoms with Crippen molar-refractivity contribution in [2.45, 2.75) is 33.1 Å². The molecule has 2 amide bonds. The number of amides is 2. The summed E-state index contributed by atoms with van der Waals surface area (Å²) < 4.78 is 5.17. The van der Waals surface area contributed by atoms with Gasteiger partial charge in [-0.1, -0.05) is 55.2 Å². The molecule has 0 aromatic heterocycles. The number of benzene rings is 2. The predicted molar refractivity (Wildman–Crippen MR) is 122 cm³/mol. The fourth-order valence-corrected chi connectivity index (χ4v) is 3.97. The van der Waals surface area contributed by atoms with Crippen molar-refractivity contribution in [2.24, 2.45) is 5.92 Å². The van der Waals surface area contributed by atoms with Gasteiger partial charge in [-0.2, -0.15) is 0 Å². The maximum atomic E-state index is 12.7. The third-order valence-electron chi connectivity index (χ3n) is 5.24. The minimum Gasteiger partial charge on any atom is -0.455 e. The van der Waals surface area contributed by atoms with E-state index >= 15 is 0 Å². The molecule has 2 aromatic carbocycles. The molecule has 0 spiro atoms. The summed E-state index contributed by atoms with van der Waals surface area (Å²) in [5, 5.41) is 3.27. The Morgan fingerprint density at radius 1 is 1.10 bits per heavy atom. The maximum Gasteiger partial charge on any atom is 0.311 e. The summed E-state index contributed by atoms with van der Waals surface area (Å²) in [7, 11) is 0. The highest BCUT2D eigenvalue weighted by Crippen LogP contribution is 2.33. The zero-order valence-corrected chi connectivity index (χ0v) is 18.9. The van der Waals surface area contributed by atoms with E-state index in [0.29, 0.717) is 15.7 Å². The van der Waals surface area contributed by atoms with Gasteiger partial charge in [0.25, 0.3) is 5.91 Å². The molecule has 31 heavy (non-hydrogen) atoms. The molecule has 3 rings (SSSR count). The van der Waals surface area contributed by atoms with Crippen LogP contribution in [0.1, 0.15) is 31.4 Å². The number of nitrogens with zero attached hydrogens (tertiary/aromatic N) is 1. The number of anilines is 2. The number of hydrogen-bond donors (Lipinski definition) is 1. The monoisotopic (exact) mass is 462 g/mol. The van der Waals surface area contributed by atoms with Gasteiger partial charge in [-0.3, -0.25) is 14.4 Å². The fourth-order valence-electron chi connectivity index (χ4n) is 3.67. The molecule has 1 fully saturated rings. The average Bonchev–Trinajstić information content (AvgIpc) is 3.15. The van der Waals surface area contributed by atoms with Crippen molar-refractivity contribution >= 4 is 52.4 Å². The molecule has 0 saturated carbocycles. The lowest BCUT2D eigenvalue weighted by molar-refractivity contribution is -0.151. The van der Waals surface area contributed by atoms with E-state index in [-0.39, 0.29) is 18.9 Å². The van der Waals surface area contributed by atoms with Crippen LogP contribution in [0.15, 0.2) is 36.4 Å². The smallest absolute Gasteiger partial charge is 0.311 e. The molecule has 0 unspecified atom stereocenters. The summed E-state index contributed by atoms with van der Waals surface area (Å²) in [6.45, 7) is 3.87. The Hall–Kier alpha value is -2.57. The van der Waals surface area contributed by atoms with Crippen LogP contribution in [0.25, 0.3) is 0 Å². The number of carbonyl (C=O) groups excluding carboxylic acids is 3. The summed E-state index contributed by atoms with van der Waals surface area (Å²) in [5.41, 5.74) is 3.48. The first kappa shape index (κ1) is 23.1. The second kappa shape index (κ2) is 10.2. The molecule has 8 heteroatoms. The topological polar surface area (TPSA) is 75.7 Å². The van der Waals surface area contributed by atoms with Crippen LogP contribution in [0.5, 0.6) is 0 Å². The van der Waals surface area contributed by atoms with Crippen molar-refractivity contribution in [3.63, 3.8) is 0 Å². The third-order valence-corrected chi connectivity index (χ3v) is 5.98. The van der Waals surface area contributed by atoms with Gasteiger partial charge < -0.3 is 15.0 Å². The maximum absolute atomic E-state index is 12.7. The van der Waals surface area contributed by atoms with E-state index < -0.39 is 24.4 Å². The Kier molecular flexibility index (Phi) is 7.57. The fraction of sp³-hybridized carbons (Fsp3) is 0.348. The van der Waals surface area contributed by atoms with Crippen LogP contribution in [0.3, 0.4) is 0 Å². The van der Waals surface area contributed by atoms with Gasteiger partial charge in [-0.05, 0) is 42.2 Å². The van der Waals surface area contributed by atoms with Crippen LogP contribution in [0.2, 0.25) is 10.0 Å². The summed E-state index contributed by atoms with van der Waals surface area (Å²) >= 11 is 11.8. The van der Waals surface area contributed by atoms with E-state index in [9.17, 15) is 14.4 Å². The van der Waals surface area contributed by atoms with Crippen molar-refractivity contribution in [3.05, 3.63) is 57.6 Å². The largest absolute Gasteiger partial charge is 0.455 e. The van der Waals surface area contributed by atoms with Crippen molar-refractivity contribution in [1.29, 1.82) is 0 Å². The highest BCUT2D eigenvalue weighted by Gasteiger charge is 2.37. The first-order chi connectivity index (χ1) is 14.8. The van der Waals surface area contributed by atoms with Crippen LogP contribution in [0.4, 0.5) is 11.4 Å². The van der Waals surface area contributed by atoms with Crippen LogP contribution < -0.4 is 10.2 Å². The van der Waals surface area contributed by atoms with Gasteiger partial charge in [-0.25, -0.2) is 0 Å². The molecule has 1 N–H and O–H groups in total. The third kappa shape index (κ3) is 5.38. The molecule has 1 atom stereocenters. The molecular formula is C23H24Cl2N2O4. The summed E-state index contributed by atoms with van der Waals surface area (Å²) in [4.78, 5) is 39.0. The van der Waals surface area contributed by atoms with E-state index in [2.05, 4.69) is 5.32 Å². The molecule has 1 aliphatic heterocycles. The average molecular weight is 463 g/mol. The van der Waals surface area contributed by atoms with Gasteiger partial charge in [-0.15, -0.1) is 0 Å². The van der Waals surface area contributed by atoms with E-state index in [1.807, 2.05) is 32.0 Å². The minimum atomic E-state index is -0.611. The van der Waals surface area contributed by atoms with E-state index in [0.717, 1.165) is 29.7 Å². The lowest BCUT2D eigenvalue weighted by Crippen LogP contribution is -2.29. The summed E-state index contributed by atoms with van der Waals surface area (Å²) in [5.74, 6) is -1.79. The second-order valence-electron chi connectivity index (χ2n) is 7.32. The lowest BCUT2D eigenvalue weighted by Gasteiger charge is -2.23. The Balaban J connectivity index is 1.61. The van der Waals surface area contributed by atoms with Crippen molar-refractivity contribution in [3.8, 4) is 0 Å². The van der Waals surface area contributed by atoms with Gasteiger partial charge in [0.1, 0.15) is 0 Å². The Bertz CT molecular complexity index is 987. The standard InChI is InChI=1S/C23H24Cl2N2O4/c1-3-14-6-5-7-15(4-2)22(14)27-12-16(10-21(27)29)23(30)31-13-20(28)26-17-8-9-18(24)19(25)11-17/h5-9,11,16H,3-4,10,12-13H2,1-2H3,(H,26,28)/t16-/m0/s1. The number of rotatable bonds is 7. The quantitative estimate of drug-likeness (QED) is 0.607. The molecule has 1 aliphatic rings. The molecule has 1 heterocycles. The molecule has 0 aliphatic carbocycles. The number of para-hydroxylation sites is 1. The first-order valence-electron chi connectivity index (χ1n) is 10.2. The van der Waals surface area contributed by atoms with E-state index in [1.54, 1.807) is 17.0 Å². The molecule has 164 valence electrons. The zero-order valence-electron chi connectivity index (χ0n) is 17.4. The minimum absolute atomic E-state index is 0.0639. The van der Waals surface area contributed by atoms with Gasteiger partial charge in [0, 0.05) is 24.3 Å². The van der Waals surface area contributed by atoms with Gasteiger partial charge >= 0.3 is 5.97 Å². The Morgan fingerprint density at radius 2 is 1.77 bits per heavy atom. The SMILES string of the molecule is CCc1cccc(CC)c1N1C[C@@H](C(=O)OCC(=O)Nc2ccc(Cl)c(Cl)c2)CC1=O. The molecular weight excluding hydrogens is 439 g/mol. The molecule has 1 saturated heterocycles. The number of esters is 1. The number of ether oxygens (including phenoxy) is 1. The number of aryl methyl sites for hydroxylation is 2. The van der Waals surface area contributed by atoms with Gasteiger partial charge in [0.05, 0.1) is 16.0 Å². The molecule has 6 nitrogen and oxygen atoms in total. The van der Waals surface area contributed by atoms with Crippen molar-refractivity contribution in [2.75, 3.05) is 23.4 Å². The van der Waals surface area contributed by atoms with Crippen molar-refractivity contribution in [1.82, 2.24) is 0 Å². The summed E-state index contributed by atoms with van der Waals surface area (Å²) in [6, 6.07) is 10.6. The van der Waals surface area contributed by atoms with Crippen LogP contribution in [0, 0.1) is 5.92 Å². The lowest BCUT2D eigenvalue weighted by atomic mass is 10.0. The van der Waals surface area contributed by atoms with E-state index in [1.165, 1.54) is 6.07 Å². The van der Waals surface area contributed by atoms with Crippen molar-refractivity contribution < 1.29 is 19.1 Å². The van der Waals surface area contributed by atoms with Crippen LogP contribution in [-0.4, -0.2) is 30.9 Å². The van der Waals surface area contributed by atoms with Gasteiger partial charge in [0.2, 0.25) is 5.91 Å². The van der Waals surface area contributed by atoms with Crippen LogP contribution >= 0.6 is 23.2 Å². The zero-order chi connectivity index (χ0) is 22.5. The molecule has 0 bridgehead atoms. The predicted octanol–water partition coefficient (Wildman–Crippen LogP) is 4.65. The second-order valence-corrected chi connectivity index (χ2v) is 8.14. The summed E-state index contributed by atoms with van der Waals surface area (Å²) in [6.07, 6.45) is 1.64. The number of carbonyl (C=O) groups is 3. The van der Waals surface area contributed by atoms with E-state index in [4.69, 9.17) is 27.9 Å². The first-order valence-corrected chi connectivity index (χ1v) is 10.9. The molecule has 2 aromatic rings. The molecule has 0 radical (unpaired) electrons. The Labute approximate surface area is 191 Å². The number of nitrogens with one attached hydrogen (secondary N) is 1. The normalized spacial score (nSPS) is 15.8. The highest BCUT2D eigenvalue weighted by molar-refractivity contribution is 6.42.